The van der Waals surface area contributed by atoms with Crippen molar-refractivity contribution >= 4 is 3.71 Å². The van der Waals surface area contributed by atoms with E-state index >= 15 is 0 Å². The molecular formula is C33H36Zr. The molecule has 2 aliphatic carbocycles. The monoisotopic (exact) mass is 522 g/mol. The molecule has 2 aliphatic rings. The summed E-state index contributed by atoms with van der Waals surface area (Å²) in [5.74, 6) is 0. The Morgan fingerprint density at radius 1 is 0.735 bits per heavy atom. The molecule has 0 nitrogen and oxygen atoms in total. The second kappa shape index (κ2) is 8.84. The molecule has 0 unspecified atom stereocenters. The number of allylic oxidation sites excluding steroid dienone is 4. The van der Waals surface area contributed by atoms with Crippen molar-refractivity contribution in [3.8, 4) is 11.1 Å². The average Bonchev–Trinajstić information content (AvgIpc) is 3.43. The van der Waals surface area contributed by atoms with Gasteiger partial charge in [0.2, 0.25) is 0 Å². The molecular weight excluding hydrogens is 488 g/mol. The van der Waals surface area contributed by atoms with Crippen LogP contribution in [0.15, 0.2) is 88.2 Å². The first-order valence-corrected chi connectivity index (χ1v) is 16.6. The van der Waals surface area contributed by atoms with Crippen LogP contribution < -0.4 is 0 Å². The molecule has 0 fully saturated rings. The Kier molecular flexibility index (Phi) is 6.14. The molecule has 172 valence electrons. The summed E-state index contributed by atoms with van der Waals surface area (Å²) >= 11 is -2.28. The molecule has 0 spiro atoms. The second-order valence-corrected chi connectivity index (χ2v) is 17.8. The van der Waals surface area contributed by atoms with E-state index in [1.54, 1.807) is 14.4 Å². The van der Waals surface area contributed by atoms with Gasteiger partial charge in [-0.1, -0.05) is 0 Å². The first-order valence-electron chi connectivity index (χ1n) is 12.5. The van der Waals surface area contributed by atoms with Gasteiger partial charge < -0.3 is 0 Å². The molecule has 0 amide bonds. The topological polar surface area (TPSA) is 0 Å². The minimum absolute atomic E-state index is 0.145. The van der Waals surface area contributed by atoms with Gasteiger partial charge in [-0.3, -0.25) is 0 Å². The van der Waals surface area contributed by atoms with Crippen molar-refractivity contribution in [2.75, 3.05) is 0 Å². The zero-order chi connectivity index (χ0) is 24.1. The maximum absolute atomic E-state index is 2.71. The molecule has 34 heavy (non-hydrogen) atoms. The molecule has 5 rings (SSSR count). The number of benzene rings is 3. The van der Waals surface area contributed by atoms with Crippen LogP contribution in [-0.2, 0) is 32.1 Å². The van der Waals surface area contributed by atoms with E-state index in [1.807, 2.05) is 0 Å². The van der Waals surface area contributed by atoms with Crippen LogP contribution in [0.5, 0.6) is 0 Å². The summed E-state index contributed by atoms with van der Waals surface area (Å²) in [4.78, 5) is 0. The summed E-state index contributed by atoms with van der Waals surface area (Å²) in [6, 6.07) is 25.7. The van der Waals surface area contributed by atoms with Gasteiger partial charge in [-0.15, -0.1) is 0 Å². The average molecular weight is 524 g/mol. The fraction of sp³-hybridized carbons (Fsp3) is 0.303. The Balaban J connectivity index is 1.78. The van der Waals surface area contributed by atoms with E-state index in [9.17, 15) is 0 Å². The third kappa shape index (κ3) is 4.45. The standard InChI is InChI=1S/C21H25.C7H6.C5H5.Zr/c1-20(2,3)16-7-9-18-14(12-16)11-15-13-17(21(4,5)6)8-10-19(15)18;1-7-5-3-2-4-6-7;1-2-4-5-3-1;/h7-13H,1-6H3;1-6H;1-3H,4H2;. The Bertz CT molecular complexity index is 1260. The normalized spacial score (nSPS) is 15.9. The number of rotatable bonds is 3. The molecule has 3 aromatic rings. The second-order valence-electron chi connectivity index (χ2n) is 11.9. The molecule has 0 aliphatic heterocycles. The van der Waals surface area contributed by atoms with Gasteiger partial charge in [0.25, 0.3) is 0 Å². The Morgan fingerprint density at radius 3 is 1.76 bits per heavy atom. The van der Waals surface area contributed by atoms with Gasteiger partial charge in [0.15, 0.2) is 0 Å². The van der Waals surface area contributed by atoms with Crippen molar-refractivity contribution < 1.29 is 21.3 Å². The zero-order valence-electron chi connectivity index (χ0n) is 21.4. The van der Waals surface area contributed by atoms with Crippen LogP contribution >= 0.6 is 0 Å². The molecule has 0 bridgehead atoms. The van der Waals surface area contributed by atoms with Gasteiger partial charge in [-0.2, -0.15) is 0 Å². The van der Waals surface area contributed by atoms with E-state index in [-0.39, 0.29) is 10.8 Å². The third-order valence-corrected chi connectivity index (χ3v) is 14.7. The molecule has 1 heteroatoms. The Morgan fingerprint density at radius 2 is 1.29 bits per heavy atom. The van der Waals surface area contributed by atoms with E-state index in [2.05, 4.69) is 130 Å². The SMILES string of the molecule is CC(C)(C)c1ccc2c(c1)[CH]([Zr](=[CH]c1ccccc1)[C]1=CC=CC1)c1cc(C(C)(C)C)ccc1-2. The predicted octanol–water partition coefficient (Wildman–Crippen LogP) is 8.66. The Labute approximate surface area is 213 Å². The summed E-state index contributed by atoms with van der Waals surface area (Å²) in [5.41, 5.74) is 10.6. The molecule has 0 saturated carbocycles. The van der Waals surface area contributed by atoms with Gasteiger partial charge in [0.1, 0.15) is 0 Å². The van der Waals surface area contributed by atoms with Crippen molar-refractivity contribution in [3.63, 3.8) is 0 Å². The fourth-order valence-electron chi connectivity index (χ4n) is 5.28. The summed E-state index contributed by atoms with van der Waals surface area (Å²) in [5, 5.41) is 0. The van der Waals surface area contributed by atoms with Gasteiger partial charge in [0, 0.05) is 0 Å². The molecule has 0 radical (unpaired) electrons. The summed E-state index contributed by atoms with van der Waals surface area (Å²) in [7, 11) is 0. The van der Waals surface area contributed by atoms with Crippen molar-refractivity contribution in [3.05, 3.63) is 116 Å². The summed E-state index contributed by atoms with van der Waals surface area (Å²) in [6.07, 6.45) is 8.19. The number of hydrogen-bond acceptors (Lipinski definition) is 0. The van der Waals surface area contributed by atoms with E-state index in [4.69, 9.17) is 0 Å². The first kappa shape index (κ1) is 23.6. The van der Waals surface area contributed by atoms with Crippen LogP contribution in [0.1, 0.15) is 79.4 Å². The summed E-state index contributed by atoms with van der Waals surface area (Å²) < 4.78 is 4.93. The molecule has 0 saturated heterocycles. The van der Waals surface area contributed by atoms with Crippen LogP contribution in [0.2, 0.25) is 0 Å². The molecule has 0 heterocycles. The van der Waals surface area contributed by atoms with Crippen molar-refractivity contribution in [1.82, 2.24) is 0 Å². The van der Waals surface area contributed by atoms with E-state index in [1.165, 1.54) is 27.8 Å². The van der Waals surface area contributed by atoms with Gasteiger partial charge in [0.05, 0.1) is 0 Å². The van der Waals surface area contributed by atoms with Crippen molar-refractivity contribution in [2.45, 2.75) is 62.4 Å². The van der Waals surface area contributed by atoms with Crippen molar-refractivity contribution in [2.24, 2.45) is 0 Å². The molecule has 3 aromatic carbocycles. The number of hydrogen-bond donors (Lipinski definition) is 0. The van der Waals surface area contributed by atoms with Crippen LogP contribution in [0, 0.1) is 0 Å². The summed E-state index contributed by atoms with van der Waals surface area (Å²) in [6.45, 7) is 14.0. The molecule has 0 N–H and O–H groups in total. The first-order chi connectivity index (χ1) is 16.1. The number of fused-ring (bicyclic) bond motifs is 3. The van der Waals surface area contributed by atoms with Crippen LogP contribution in [0.3, 0.4) is 0 Å². The van der Waals surface area contributed by atoms with E-state index in [0.717, 1.165) is 6.42 Å². The van der Waals surface area contributed by atoms with E-state index < -0.39 is 21.3 Å². The minimum atomic E-state index is -2.28. The van der Waals surface area contributed by atoms with Crippen molar-refractivity contribution in [1.29, 1.82) is 0 Å². The fourth-order valence-corrected chi connectivity index (χ4v) is 12.8. The quantitative estimate of drug-likeness (QED) is 0.322. The Hall–Kier alpha value is -2.11. The maximum atomic E-state index is 2.71. The van der Waals surface area contributed by atoms with Crippen LogP contribution in [0.25, 0.3) is 11.1 Å². The zero-order valence-corrected chi connectivity index (χ0v) is 23.9. The van der Waals surface area contributed by atoms with Gasteiger partial charge in [-0.25, -0.2) is 0 Å². The third-order valence-electron chi connectivity index (χ3n) is 7.32. The molecule has 0 aromatic heterocycles. The molecule has 0 atom stereocenters. The van der Waals surface area contributed by atoms with Crippen LogP contribution in [0.4, 0.5) is 0 Å². The van der Waals surface area contributed by atoms with E-state index in [0.29, 0.717) is 3.63 Å². The van der Waals surface area contributed by atoms with Gasteiger partial charge in [-0.05, 0) is 0 Å². The van der Waals surface area contributed by atoms with Crippen LogP contribution in [-0.4, -0.2) is 3.71 Å². The van der Waals surface area contributed by atoms with Gasteiger partial charge >= 0.3 is 215 Å². The predicted molar refractivity (Wildman–Crippen MR) is 145 cm³/mol.